The highest BCUT2D eigenvalue weighted by Crippen LogP contribution is 2.33. The number of allylic oxidation sites excluding steroid dienone is 4. The van der Waals surface area contributed by atoms with Gasteiger partial charge in [-0.15, -0.1) is 0 Å². The Labute approximate surface area is 150 Å². The first-order valence-corrected chi connectivity index (χ1v) is 9.33. The molecule has 1 aromatic rings. The lowest BCUT2D eigenvalue weighted by Crippen LogP contribution is -2.05. The summed E-state index contributed by atoms with van der Waals surface area (Å²) in [7, 11) is 0. The lowest BCUT2D eigenvalue weighted by molar-refractivity contribution is -0.137. The van der Waals surface area contributed by atoms with Crippen molar-refractivity contribution in [3.05, 3.63) is 53.6 Å². The average Bonchev–Trinajstić information content (AvgIpc) is 2.57. The molecule has 0 N–H and O–H groups in total. The summed E-state index contributed by atoms with van der Waals surface area (Å²) in [5, 5.41) is 0. The molecule has 0 saturated carbocycles. The van der Waals surface area contributed by atoms with Gasteiger partial charge in [0.15, 0.2) is 0 Å². The van der Waals surface area contributed by atoms with E-state index in [4.69, 9.17) is 0 Å². The summed E-state index contributed by atoms with van der Waals surface area (Å²) in [4.78, 5) is 0. The van der Waals surface area contributed by atoms with Gasteiger partial charge in [-0.3, -0.25) is 0 Å². The lowest BCUT2D eigenvalue weighted by atomic mass is 9.87. The number of hydrogen-bond donors (Lipinski definition) is 0. The van der Waals surface area contributed by atoms with Crippen molar-refractivity contribution >= 4 is 5.57 Å². The van der Waals surface area contributed by atoms with Crippen molar-refractivity contribution in [1.29, 1.82) is 0 Å². The molecule has 0 amide bonds. The Morgan fingerprint density at radius 3 is 2.20 bits per heavy atom. The topological polar surface area (TPSA) is 0 Å². The van der Waals surface area contributed by atoms with Crippen molar-refractivity contribution in [2.24, 2.45) is 11.8 Å². The average molecular weight is 352 g/mol. The summed E-state index contributed by atoms with van der Waals surface area (Å²) in [6.45, 7) is 8.70. The number of halogens is 3. The summed E-state index contributed by atoms with van der Waals surface area (Å²) in [5.74, 6) is 1.05. The maximum absolute atomic E-state index is 12.8. The van der Waals surface area contributed by atoms with E-state index in [1.165, 1.54) is 25.0 Å². The van der Waals surface area contributed by atoms with Crippen LogP contribution >= 0.6 is 0 Å². The number of alkyl halides is 3. The van der Waals surface area contributed by atoms with Crippen LogP contribution in [0, 0.1) is 11.8 Å². The third-order valence-electron chi connectivity index (χ3n) is 4.76. The quantitative estimate of drug-likeness (QED) is 0.396. The van der Waals surface area contributed by atoms with Gasteiger partial charge in [-0.2, -0.15) is 13.2 Å². The minimum atomic E-state index is -4.29. The molecule has 3 heteroatoms. The first kappa shape index (κ1) is 21.5. The molecule has 0 nitrogen and oxygen atoms in total. The largest absolute Gasteiger partial charge is 0.416 e. The minimum absolute atomic E-state index is 0.322. The Morgan fingerprint density at radius 1 is 1.04 bits per heavy atom. The van der Waals surface area contributed by atoms with Gasteiger partial charge in [-0.1, -0.05) is 77.3 Å². The Kier molecular flexibility index (Phi) is 9.02. The van der Waals surface area contributed by atoms with E-state index in [0.717, 1.165) is 36.3 Å². The Hall–Kier alpha value is -1.51. The SMILES string of the molecule is CC/C=C\C=C(\c1ccc(C(F)(F)F)cc1)C(C)CCCC(C)CC. The minimum Gasteiger partial charge on any atom is -0.166 e. The van der Waals surface area contributed by atoms with Crippen molar-refractivity contribution in [1.82, 2.24) is 0 Å². The third kappa shape index (κ3) is 7.50. The van der Waals surface area contributed by atoms with E-state index in [9.17, 15) is 13.2 Å². The van der Waals surface area contributed by atoms with Crippen molar-refractivity contribution in [3.8, 4) is 0 Å². The van der Waals surface area contributed by atoms with Crippen LogP contribution in [0.1, 0.15) is 70.9 Å². The van der Waals surface area contributed by atoms with Crippen LogP contribution in [0.3, 0.4) is 0 Å². The van der Waals surface area contributed by atoms with Crippen molar-refractivity contribution in [3.63, 3.8) is 0 Å². The van der Waals surface area contributed by atoms with Gasteiger partial charge in [0.1, 0.15) is 0 Å². The zero-order valence-electron chi connectivity index (χ0n) is 15.9. The van der Waals surface area contributed by atoms with Gasteiger partial charge in [-0.25, -0.2) is 0 Å². The maximum Gasteiger partial charge on any atom is 0.416 e. The van der Waals surface area contributed by atoms with Crippen LogP contribution < -0.4 is 0 Å². The van der Waals surface area contributed by atoms with Gasteiger partial charge in [0.05, 0.1) is 5.56 Å². The molecule has 1 aromatic carbocycles. The van der Waals surface area contributed by atoms with E-state index >= 15 is 0 Å². The van der Waals surface area contributed by atoms with E-state index in [0.29, 0.717) is 5.92 Å². The summed E-state index contributed by atoms with van der Waals surface area (Å²) in [5.41, 5.74) is 1.40. The highest BCUT2D eigenvalue weighted by Gasteiger charge is 2.30. The molecule has 1 rings (SSSR count). The van der Waals surface area contributed by atoms with E-state index in [1.54, 1.807) is 12.1 Å². The van der Waals surface area contributed by atoms with Crippen LogP contribution in [-0.4, -0.2) is 0 Å². The molecule has 0 bridgehead atoms. The van der Waals surface area contributed by atoms with Gasteiger partial charge in [-0.05, 0) is 47.9 Å². The first-order chi connectivity index (χ1) is 11.8. The zero-order valence-corrected chi connectivity index (χ0v) is 15.9. The summed E-state index contributed by atoms with van der Waals surface area (Å²) < 4.78 is 38.3. The molecule has 140 valence electrons. The van der Waals surface area contributed by atoms with Crippen molar-refractivity contribution in [2.75, 3.05) is 0 Å². The van der Waals surface area contributed by atoms with E-state index in [2.05, 4.69) is 39.8 Å². The Bertz CT molecular complexity index is 550. The van der Waals surface area contributed by atoms with Crippen molar-refractivity contribution in [2.45, 2.75) is 66.0 Å². The molecule has 0 saturated heterocycles. The highest BCUT2D eigenvalue weighted by molar-refractivity contribution is 5.68. The van der Waals surface area contributed by atoms with E-state index < -0.39 is 11.7 Å². The van der Waals surface area contributed by atoms with Crippen LogP contribution in [0.5, 0.6) is 0 Å². The van der Waals surface area contributed by atoms with Gasteiger partial charge in [0, 0.05) is 0 Å². The molecule has 0 aliphatic heterocycles. The molecule has 2 atom stereocenters. The van der Waals surface area contributed by atoms with Gasteiger partial charge >= 0.3 is 6.18 Å². The second kappa shape index (κ2) is 10.5. The fourth-order valence-electron chi connectivity index (χ4n) is 2.84. The highest BCUT2D eigenvalue weighted by atomic mass is 19.4. The summed E-state index contributed by atoms with van der Waals surface area (Å²) in [6, 6.07) is 5.55. The molecule has 0 radical (unpaired) electrons. The molecule has 25 heavy (non-hydrogen) atoms. The standard InChI is InChI=1S/C22H31F3/c1-5-7-8-12-21(18(4)11-9-10-17(3)6-2)19-13-15-20(16-14-19)22(23,24)25/h7-8,12-18H,5-6,9-11H2,1-4H3/b8-7-,21-12+. The van der Waals surface area contributed by atoms with Crippen LogP contribution in [0.25, 0.3) is 5.57 Å². The summed E-state index contributed by atoms with van der Waals surface area (Å²) in [6.07, 6.45) is 7.38. The van der Waals surface area contributed by atoms with Crippen LogP contribution in [0.4, 0.5) is 13.2 Å². The van der Waals surface area contributed by atoms with Crippen LogP contribution in [0.2, 0.25) is 0 Å². The third-order valence-corrected chi connectivity index (χ3v) is 4.76. The fourth-order valence-corrected chi connectivity index (χ4v) is 2.84. The summed E-state index contributed by atoms with van der Waals surface area (Å²) >= 11 is 0. The number of rotatable bonds is 9. The van der Waals surface area contributed by atoms with Crippen molar-refractivity contribution < 1.29 is 13.2 Å². The smallest absolute Gasteiger partial charge is 0.166 e. The van der Waals surface area contributed by atoms with Gasteiger partial charge < -0.3 is 0 Å². The van der Waals surface area contributed by atoms with Gasteiger partial charge in [0.2, 0.25) is 0 Å². The normalized spacial score (nSPS) is 15.6. The molecular formula is C22H31F3. The zero-order chi connectivity index (χ0) is 18.9. The number of hydrogen-bond acceptors (Lipinski definition) is 0. The molecule has 0 aliphatic carbocycles. The fraction of sp³-hybridized carbons (Fsp3) is 0.545. The predicted molar refractivity (Wildman–Crippen MR) is 101 cm³/mol. The maximum atomic E-state index is 12.8. The molecule has 0 aromatic heterocycles. The Balaban J connectivity index is 2.93. The molecule has 0 aliphatic rings. The molecule has 2 unspecified atom stereocenters. The molecule has 0 spiro atoms. The van der Waals surface area contributed by atoms with E-state index in [-0.39, 0.29) is 0 Å². The van der Waals surface area contributed by atoms with E-state index in [1.807, 2.05) is 6.08 Å². The Morgan fingerprint density at radius 2 is 1.68 bits per heavy atom. The van der Waals surface area contributed by atoms with Crippen LogP contribution in [-0.2, 0) is 6.18 Å². The first-order valence-electron chi connectivity index (χ1n) is 9.33. The predicted octanol–water partition coefficient (Wildman–Crippen LogP) is 7.91. The van der Waals surface area contributed by atoms with Gasteiger partial charge in [0.25, 0.3) is 0 Å². The molecule has 0 fully saturated rings. The number of benzene rings is 1. The second-order valence-electron chi connectivity index (χ2n) is 6.88. The second-order valence-corrected chi connectivity index (χ2v) is 6.88. The molecule has 0 heterocycles. The molecular weight excluding hydrogens is 321 g/mol. The van der Waals surface area contributed by atoms with Crippen LogP contribution in [0.15, 0.2) is 42.5 Å². The lowest BCUT2D eigenvalue weighted by Gasteiger charge is -2.18. The monoisotopic (exact) mass is 352 g/mol.